The molecule has 0 saturated carbocycles. The molecule has 0 radical (unpaired) electrons. The predicted molar refractivity (Wildman–Crippen MR) is 51.6 cm³/mol. The molecule has 0 N–H and O–H groups in total. The van der Waals surface area contributed by atoms with Crippen LogP contribution in [0.25, 0.3) is 0 Å². The Hall–Kier alpha value is -1.26. The van der Waals surface area contributed by atoms with E-state index >= 15 is 0 Å². The van der Waals surface area contributed by atoms with Crippen molar-refractivity contribution in [2.24, 2.45) is 5.92 Å². The Bertz CT molecular complexity index is 357. The van der Waals surface area contributed by atoms with Crippen LogP contribution in [0.2, 0.25) is 0 Å². The topological polar surface area (TPSA) is 9.23 Å². The minimum absolute atomic E-state index is 0.240. The molecule has 1 aromatic rings. The van der Waals surface area contributed by atoms with Crippen LogP contribution >= 0.6 is 0 Å². The van der Waals surface area contributed by atoms with Crippen LogP contribution < -0.4 is 4.74 Å². The van der Waals surface area contributed by atoms with E-state index in [-0.39, 0.29) is 5.92 Å². The summed E-state index contributed by atoms with van der Waals surface area (Å²) in [5.41, 5.74) is 0.393. The third-order valence-electron chi connectivity index (χ3n) is 1.89. The van der Waals surface area contributed by atoms with Gasteiger partial charge in [0, 0.05) is 6.07 Å². The Balaban J connectivity index is 2.83. The second kappa shape index (κ2) is 4.72. The molecule has 0 fully saturated rings. The Kier molecular flexibility index (Phi) is 3.78. The molecule has 0 unspecified atom stereocenters. The van der Waals surface area contributed by atoms with E-state index in [1.807, 2.05) is 13.8 Å². The summed E-state index contributed by atoms with van der Waals surface area (Å²) in [5, 5.41) is 0. The Morgan fingerprint density at radius 2 is 1.88 bits per heavy atom. The summed E-state index contributed by atoms with van der Waals surface area (Å²) >= 11 is 0. The maximum atomic E-state index is 13.3. The summed E-state index contributed by atoms with van der Waals surface area (Å²) in [6, 6.07) is 3.19. The van der Waals surface area contributed by atoms with Gasteiger partial charge in [0.05, 0.1) is 0 Å². The summed E-state index contributed by atoms with van der Waals surface area (Å²) < 4.78 is 52.5. The Labute approximate surface area is 91.0 Å². The molecule has 5 heteroatoms. The van der Waals surface area contributed by atoms with Gasteiger partial charge >= 0.3 is 6.36 Å². The van der Waals surface area contributed by atoms with Gasteiger partial charge in [0.1, 0.15) is 11.6 Å². The Morgan fingerprint density at radius 1 is 1.25 bits per heavy atom. The fourth-order valence-electron chi connectivity index (χ4n) is 1.33. The van der Waals surface area contributed by atoms with Gasteiger partial charge in [0.15, 0.2) is 0 Å². The zero-order valence-electron chi connectivity index (χ0n) is 8.94. The van der Waals surface area contributed by atoms with Crippen molar-refractivity contribution in [3.8, 4) is 5.75 Å². The number of hydrogen-bond acceptors (Lipinski definition) is 1. The fourth-order valence-corrected chi connectivity index (χ4v) is 1.33. The average molecular weight is 236 g/mol. The predicted octanol–water partition coefficient (Wildman–Crippen LogP) is 3.92. The molecule has 1 aromatic carbocycles. The molecule has 0 atom stereocenters. The highest BCUT2D eigenvalue weighted by Crippen LogP contribution is 2.25. The van der Waals surface area contributed by atoms with Crippen molar-refractivity contribution in [1.82, 2.24) is 0 Å². The molecule has 0 bridgehead atoms. The summed E-state index contributed by atoms with van der Waals surface area (Å²) in [6.45, 7) is 3.80. The summed E-state index contributed by atoms with van der Waals surface area (Å²) in [4.78, 5) is 0. The van der Waals surface area contributed by atoms with Crippen LogP contribution in [0.15, 0.2) is 18.2 Å². The maximum Gasteiger partial charge on any atom is 0.573 e. The van der Waals surface area contributed by atoms with Crippen LogP contribution in [0.4, 0.5) is 17.6 Å². The first kappa shape index (κ1) is 12.8. The van der Waals surface area contributed by atoms with Crippen LogP contribution in [-0.2, 0) is 6.42 Å². The van der Waals surface area contributed by atoms with Crippen molar-refractivity contribution >= 4 is 0 Å². The van der Waals surface area contributed by atoms with Gasteiger partial charge in [-0.05, 0) is 24.0 Å². The Morgan fingerprint density at radius 3 is 2.31 bits per heavy atom. The molecule has 0 amide bonds. The quantitative estimate of drug-likeness (QED) is 0.722. The molecule has 0 aliphatic heterocycles. The standard InChI is InChI=1S/C11H12F4O/c1-7(2)5-8-3-4-9(6-10(8)12)16-11(13,14)15/h3-4,6-7H,5H2,1-2H3. The van der Waals surface area contributed by atoms with Crippen molar-refractivity contribution in [2.75, 3.05) is 0 Å². The van der Waals surface area contributed by atoms with E-state index in [2.05, 4.69) is 4.74 Å². The lowest BCUT2D eigenvalue weighted by molar-refractivity contribution is -0.274. The third-order valence-corrected chi connectivity index (χ3v) is 1.89. The zero-order chi connectivity index (χ0) is 12.3. The number of rotatable bonds is 3. The lowest BCUT2D eigenvalue weighted by atomic mass is 10.0. The molecule has 0 aromatic heterocycles. The van der Waals surface area contributed by atoms with Gasteiger partial charge in [0.25, 0.3) is 0 Å². The smallest absolute Gasteiger partial charge is 0.406 e. The molecule has 0 spiro atoms. The highest BCUT2D eigenvalue weighted by molar-refractivity contribution is 5.29. The van der Waals surface area contributed by atoms with Gasteiger partial charge in [-0.25, -0.2) is 4.39 Å². The second-order valence-corrected chi connectivity index (χ2v) is 3.90. The molecule has 16 heavy (non-hydrogen) atoms. The average Bonchev–Trinajstić information content (AvgIpc) is 2.06. The van der Waals surface area contributed by atoms with Crippen molar-refractivity contribution < 1.29 is 22.3 Å². The lowest BCUT2D eigenvalue weighted by Gasteiger charge is -2.11. The van der Waals surface area contributed by atoms with E-state index < -0.39 is 17.9 Å². The number of alkyl halides is 3. The summed E-state index contributed by atoms with van der Waals surface area (Å²) in [5.74, 6) is -0.961. The lowest BCUT2D eigenvalue weighted by Crippen LogP contribution is -2.17. The van der Waals surface area contributed by atoms with Crippen LogP contribution in [-0.4, -0.2) is 6.36 Å². The number of benzene rings is 1. The second-order valence-electron chi connectivity index (χ2n) is 3.90. The molecule has 0 heterocycles. The first-order valence-electron chi connectivity index (χ1n) is 4.82. The molecular formula is C11H12F4O. The highest BCUT2D eigenvalue weighted by atomic mass is 19.4. The largest absolute Gasteiger partial charge is 0.573 e. The van der Waals surface area contributed by atoms with Crippen LogP contribution in [0.3, 0.4) is 0 Å². The molecule has 90 valence electrons. The minimum atomic E-state index is -4.79. The monoisotopic (exact) mass is 236 g/mol. The number of ether oxygens (including phenoxy) is 1. The highest BCUT2D eigenvalue weighted by Gasteiger charge is 2.31. The molecular weight excluding hydrogens is 224 g/mol. The first-order valence-corrected chi connectivity index (χ1v) is 4.82. The molecule has 0 aliphatic rings. The van der Waals surface area contributed by atoms with E-state index in [0.717, 1.165) is 12.1 Å². The summed E-state index contributed by atoms with van der Waals surface area (Å²) in [7, 11) is 0. The van der Waals surface area contributed by atoms with Gasteiger partial charge in [0.2, 0.25) is 0 Å². The maximum absolute atomic E-state index is 13.3. The van der Waals surface area contributed by atoms with Crippen molar-refractivity contribution in [3.05, 3.63) is 29.6 Å². The van der Waals surface area contributed by atoms with E-state index in [9.17, 15) is 17.6 Å². The van der Waals surface area contributed by atoms with Crippen LogP contribution in [0.5, 0.6) is 5.75 Å². The summed E-state index contributed by atoms with van der Waals surface area (Å²) in [6.07, 6.45) is -4.30. The van der Waals surface area contributed by atoms with E-state index in [0.29, 0.717) is 12.0 Å². The molecule has 0 aliphatic carbocycles. The molecule has 1 nitrogen and oxygen atoms in total. The van der Waals surface area contributed by atoms with Gasteiger partial charge < -0.3 is 4.74 Å². The van der Waals surface area contributed by atoms with Crippen LogP contribution in [0.1, 0.15) is 19.4 Å². The minimum Gasteiger partial charge on any atom is -0.406 e. The number of hydrogen-bond donors (Lipinski definition) is 0. The van der Waals surface area contributed by atoms with Gasteiger partial charge in [-0.3, -0.25) is 0 Å². The first-order chi connectivity index (χ1) is 7.28. The van der Waals surface area contributed by atoms with E-state index in [4.69, 9.17) is 0 Å². The number of halogens is 4. The molecule has 0 saturated heterocycles. The van der Waals surface area contributed by atoms with Crippen molar-refractivity contribution in [2.45, 2.75) is 26.6 Å². The van der Waals surface area contributed by atoms with Gasteiger partial charge in [-0.1, -0.05) is 19.9 Å². The SMILES string of the molecule is CC(C)Cc1ccc(OC(F)(F)F)cc1F. The normalized spacial score (nSPS) is 11.9. The van der Waals surface area contributed by atoms with Crippen molar-refractivity contribution in [1.29, 1.82) is 0 Å². The molecule has 1 rings (SSSR count). The van der Waals surface area contributed by atoms with Gasteiger partial charge in [-0.15, -0.1) is 13.2 Å². The zero-order valence-corrected chi connectivity index (χ0v) is 8.94. The fraction of sp³-hybridized carbons (Fsp3) is 0.455. The van der Waals surface area contributed by atoms with Gasteiger partial charge in [-0.2, -0.15) is 0 Å². The third kappa shape index (κ3) is 4.08. The van der Waals surface area contributed by atoms with E-state index in [1.54, 1.807) is 0 Å². The van der Waals surface area contributed by atoms with Crippen LogP contribution in [0, 0.1) is 11.7 Å². The van der Waals surface area contributed by atoms with Crippen molar-refractivity contribution in [3.63, 3.8) is 0 Å². The van der Waals surface area contributed by atoms with E-state index in [1.165, 1.54) is 6.07 Å².